The topological polar surface area (TPSA) is 24.1 Å². The van der Waals surface area contributed by atoms with E-state index in [0.29, 0.717) is 0 Å². The molecule has 4 heteroatoms. The standard InChI is InChI=1S/C6H12N2.2ClH/c1-5(2-7-1)6-3-8-4-6;;/h5-8H,1-4H2;2*1H. The smallest absolute Gasteiger partial charge is 0.000463 e. The highest BCUT2D eigenvalue weighted by Crippen LogP contribution is 2.19. The van der Waals surface area contributed by atoms with Crippen LogP contribution in [0.3, 0.4) is 0 Å². The maximum Gasteiger partial charge on any atom is -0.000463 e. The first kappa shape index (κ1) is 10.5. The molecule has 2 aliphatic heterocycles. The van der Waals surface area contributed by atoms with Crippen molar-refractivity contribution in [2.24, 2.45) is 11.8 Å². The minimum Gasteiger partial charge on any atom is -0.316 e. The monoisotopic (exact) mass is 184 g/mol. The predicted octanol–water partition coefficient (Wildman–Crippen LogP) is 0.269. The summed E-state index contributed by atoms with van der Waals surface area (Å²) in [7, 11) is 0. The molecule has 0 aromatic rings. The zero-order chi connectivity index (χ0) is 5.40. The number of hydrogen-bond donors (Lipinski definition) is 2. The number of hydrogen-bond acceptors (Lipinski definition) is 2. The van der Waals surface area contributed by atoms with Crippen molar-refractivity contribution in [3.05, 3.63) is 0 Å². The molecule has 62 valence electrons. The molecule has 0 aromatic carbocycles. The average Bonchev–Trinajstić information content (AvgIpc) is 1.47. The van der Waals surface area contributed by atoms with E-state index in [0.717, 1.165) is 11.8 Å². The molecule has 0 atom stereocenters. The molecule has 2 rings (SSSR count). The van der Waals surface area contributed by atoms with Crippen molar-refractivity contribution in [2.45, 2.75) is 0 Å². The number of nitrogens with one attached hydrogen (secondary N) is 2. The third-order valence-corrected chi connectivity index (χ3v) is 2.29. The van der Waals surface area contributed by atoms with Crippen LogP contribution in [0.2, 0.25) is 0 Å². The lowest BCUT2D eigenvalue weighted by molar-refractivity contribution is 0.172. The SMILES string of the molecule is C1NCC1C1CNC1.Cl.Cl. The van der Waals surface area contributed by atoms with Gasteiger partial charge in [0.2, 0.25) is 0 Å². The zero-order valence-electron chi connectivity index (χ0n) is 5.80. The van der Waals surface area contributed by atoms with Crippen LogP contribution in [0.1, 0.15) is 0 Å². The molecule has 0 aromatic heterocycles. The van der Waals surface area contributed by atoms with E-state index in [4.69, 9.17) is 0 Å². The molecule has 2 aliphatic rings. The summed E-state index contributed by atoms with van der Waals surface area (Å²) < 4.78 is 0. The maximum absolute atomic E-state index is 3.28. The molecule has 0 aliphatic carbocycles. The normalized spacial score (nSPS) is 25.2. The summed E-state index contributed by atoms with van der Waals surface area (Å²) in [5.74, 6) is 2.02. The molecule has 0 spiro atoms. The summed E-state index contributed by atoms with van der Waals surface area (Å²) in [6.07, 6.45) is 0. The summed E-state index contributed by atoms with van der Waals surface area (Å²) in [5.41, 5.74) is 0. The van der Waals surface area contributed by atoms with Gasteiger partial charge in [-0.3, -0.25) is 0 Å². The van der Waals surface area contributed by atoms with E-state index in [1.165, 1.54) is 26.2 Å². The van der Waals surface area contributed by atoms with E-state index in [1.807, 2.05) is 0 Å². The van der Waals surface area contributed by atoms with Gasteiger partial charge in [-0.2, -0.15) is 0 Å². The summed E-state index contributed by atoms with van der Waals surface area (Å²) in [6.45, 7) is 5.08. The van der Waals surface area contributed by atoms with Crippen LogP contribution in [0.15, 0.2) is 0 Å². The third kappa shape index (κ3) is 1.76. The molecule has 2 heterocycles. The fraction of sp³-hybridized carbons (Fsp3) is 1.00. The lowest BCUT2D eigenvalue weighted by Gasteiger charge is -2.40. The lowest BCUT2D eigenvalue weighted by atomic mass is 9.83. The Labute approximate surface area is 74.0 Å². The summed E-state index contributed by atoms with van der Waals surface area (Å²) in [5, 5.41) is 6.57. The predicted molar refractivity (Wildman–Crippen MR) is 47.2 cm³/mol. The van der Waals surface area contributed by atoms with E-state index in [2.05, 4.69) is 10.6 Å². The summed E-state index contributed by atoms with van der Waals surface area (Å²) >= 11 is 0. The van der Waals surface area contributed by atoms with Crippen LogP contribution >= 0.6 is 24.8 Å². The number of rotatable bonds is 1. The average molecular weight is 185 g/mol. The van der Waals surface area contributed by atoms with Crippen molar-refractivity contribution < 1.29 is 0 Å². The van der Waals surface area contributed by atoms with Crippen LogP contribution in [0.25, 0.3) is 0 Å². The van der Waals surface area contributed by atoms with Gasteiger partial charge in [-0.05, 0) is 38.0 Å². The van der Waals surface area contributed by atoms with Gasteiger partial charge in [0.25, 0.3) is 0 Å². The van der Waals surface area contributed by atoms with E-state index in [9.17, 15) is 0 Å². The third-order valence-electron chi connectivity index (χ3n) is 2.29. The van der Waals surface area contributed by atoms with E-state index in [-0.39, 0.29) is 24.8 Å². The van der Waals surface area contributed by atoms with Gasteiger partial charge in [0.1, 0.15) is 0 Å². The van der Waals surface area contributed by atoms with Gasteiger partial charge >= 0.3 is 0 Å². The van der Waals surface area contributed by atoms with Crippen LogP contribution in [0.4, 0.5) is 0 Å². The maximum atomic E-state index is 3.28. The molecule has 2 N–H and O–H groups in total. The van der Waals surface area contributed by atoms with Crippen molar-refractivity contribution in [1.29, 1.82) is 0 Å². The molecule has 2 saturated heterocycles. The van der Waals surface area contributed by atoms with Gasteiger partial charge in [0.05, 0.1) is 0 Å². The lowest BCUT2D eigenvalue weighted by Crippen LogP contribution is -2.56. The Kier molecular flexibility index (Phi) is 4.61. The highest BCUT2D eigenvalue weighted by molar-refractivity contribution is 5.85. The van der Waals surface area contributed by atoms with Gasteiger partial charge in [0, 0.05) is 0 Å². The van der Waals surface area contributed by atoms with Gasteiger partial charge < -0.3 is 10.6 Å². The van der Waals surface area contributed by atoms with Crippen LogP contribution in [-0.2, 0) is 0 Å². The summed E-state index contributed by atoms with van der Waals surface area (Å²) in [6, 6.07) is 0. The molecule has 10 heavy (non-hydrogen) atoms. The van der Waals surface area contributed by atoms with Crippen molar-refractivity contribution in [3.8, 4) is 0 Å². The van der Waals surface area contributed by atoms with E-state index >= 15 is 0 Å². The van der Waals surface area contributed by atoms with Crippen LogP contribution in [-0.4, -0.2) is 26.2 Å². The molecule has 0 bridgehead atoms. The molecule has 0 unspecified atom stereocenters. The second kappa shape index (κ2) is 4.39. The molecule has 0 amide bonds. The fourth-order valence-corrected chi connectivity index (χ4v) is 1.29. The van der Waals surface area contributed by atoms with E-state index < -0.39 is 0 Å². The van der Waals surface area contributed by atoms with Gasteiger partial charge in [-0.15, -0.1) is 24.8 Å². The summed E-state index contributed by atoms with van der Waals surface area (Å²) in [4.78, 5) is 0. The molecule has 2 fully saturated rings. The van der Waals surface area contributed by atoms with Crippen molar-refractivity contribution in [2.75, 3.05) is 26.2 Å². The van der Waals surface area contributed by atoms with Gasteiger partial charge in [0.15, 0.2) is 0 Å². The van der Waals surface area contributed by atoms with Crippen molar-refractivity contribution in [1.82, 2.24) is 10.6 Å². The molecule has 0 radical (unpaired) electrons. The first-order valence-corrected chi connectivity index (χ1v) is 3.38. The highest BCUT2D eigenvalue weighted by Gasteiger charge is 2.30. The van der Waals surface area contributed by atoms with Crippen LogP contribution < -0.4 is 10.6 Å². The Hall–Kier alpha value is 0.500. The number of halogens is 2. The Morgan fingerprint density at radius 3 is 1.10 bits per heavy atom. The Morgan fingerprint density at radius 2 is 1.00 bits per heavy atom. The Bertz CT molecular complexity index is 79.7. The van der Waals surface area contributed by atoms with E-state index in [1.54, 1.807) is 0 Å². The minimum absolute atomic E-state index is 0. The van der Waals surface area contributed by atoms with Gasteiger partial charge in [-0.25, -0.2) is 0 Å². The molecular weight excluding hydrogens is 171 g/mol. The molecule has 2 nitrogen and oxygen atoms in total. The first-order chi connectivity index (χ1) is 3.97. The first-order valence-electron chi connectivity index (χ1n) is 3.38. The van der Waals surface area contributed by atoms with Crippen LogP contribution in [0, 0.1) is 11.8 Å². The fourth-order valence-electron chi connectivity index (χ4n) is 1.29. The Balaban J connectivity index is 0.000000405. The molecular formula is C6H14Cl2N2. The van der Waals surface area contributed by atoms with Crippen molar-refractivity contribution in [3.63, 3.8) is 0 Å². The van der Waals surface area contributed by atoms with Crippen LogP contribution in [0.5, 0.6) is 0 Å². The largest absolute Gasteiger partial charge is 0.316 e. The molecule has 0 saturated carbocycles. The van der Waals surface area contributed by atoms with Crippen molar-refractivity contribution >= 4 is 24.8 Å². The second-order valence-electron chi connectivity index (χ2n) is 2.84. The zero-order valence-corrected chi connectivity index (χ0v) is 7.43. The highest BCUT2D eigenvalue weighted by atomic mass is 35.5. The quantitative estimate of drug-likeness (QED) is 0.612. The Morgan fingerprint density at radius 1 is 0.700 bits per heavy atom. The minimum atomic E-state index is 0. The second-order valence-corrected chi connectivity index (χ2v) is 2.84. The van der Waals surface area contributed by atoms with Gasteiger partial charge in [-0.1, -0.05) is 0 Å².